The minimum absolute atomic E-state index is 0.00342. The molecule has 0 aliphatic heterocycles. The van der Waals surface area contributed by atoms with Crippen LogP contribution in [0.2, 0.25) is 0 Å². The third kappa shape index (κ3) is 2.44. The average Bonchev–Trinajstić information content (AvgIpc) is 2.91. The molecule has 4 aliphatic rings. The number of hydrogen-bond donors (Lipinski definition) is 0. The number of rotatable bonds is 2. The molecule has 0 unspecified atom stereocenters. The number of ether oxygens (including phenoxy) is 1. The first-order valence-corrected chi connectivity index (χ1v) is 10.3. The summed E-state index contributed by atoms with van der Waals surface area (Å²) in [6, 6.07) is 0. The summed E-state index contributed by atoms with van der Waals surface area (Å²) in [5, 5.41) is 0. The van der Waals surface area contributed by atoms with E-state index in [0.717, 1.165) is 32.1 Å². The molecule has 6 atom stereocenters. The van der Waals surface area contributed by atoms with Gasteiger partial charge in [-0.1, -0.05) is 26.3 Å². The Balaban J connectivity index is 1.63. The monoisotopic (exact) mass is 358 g/mol. The summed E-state index contributed by atoms with van der Waals surface area (Å²) in [7, 11) is 0. The van der Waals surface area contributed by atoms with Crippen molar-refractivity contribution in [2.75, 3.05) is 0 Å². The van der Waals surface area contributed by atoms with Crippen molar-refractivity contribution in [3.05, 3.63) is 11.6 Å². The molecular weight excluding hydrogens is 328 g/mol. The molecule has 4 heteroatoms. The SMILES string of the molecule is CCC(=O)O[C@@H]1CC[C@@]2(C)C(=CC(=O)[C@@H]3[C@@H]2CC[C@]2(C)C(=O)CC[C@@H]32)C1. The first-order chi connectivity index (χ1) is 12.3. The van der Waals surface area contributed by atoms with Gasteiger partial charge in [0.15, 0.2) is 5.78 Å². The zero-order chi connectivity index (χ0) is 18.7. The Bertz CT molecular complexity index is 692. The predicted molar refractivity (Wildman–Crippen MR) is 97.3 cm³/mol. The lowest BCUT2D eigenvalue weighted by atomic mass is 9.48. The van der Waals surface area contributed by atoms with Crippen molar-refractivity contribution >= 4 is 17.5 Å². The van der Waals surface area contributed by atoms with E-state index in [1.54, 1.807) is 0 Å². The Hall–Kier alpha value is -1.45. The molecule has 4 rings (SSSR count). The zero-order valence-corrected chi connectivity index (χ0v) is 16.2. The number of hydrogen-bond acceptors (Lipinski definition) is 4. The maximum atomic E-state index is 13.1. The highest BCUT2D eigenvalue weighted by molar-refractivity contribution is 5.96. The fraction of sp³-hybridized carbons (Fsp3) is 0.773. The molecule has 4 aliphatic carbocycles. The van der Waals surface area contributed by atoms with Gasteiger partial charge in [0.2, 0.25) is 0 Å². The minimum atomic E-state index is -0.285. The molecule has 26 heavy (non-hydrogen) atoms. The topological polar surface area (TPSA) is 60.4 Å². The Morgan fingerprint density at radius 2 is 1.81 bits per heavy atom. The molecule has 3 saturated carbocycles. The number of fused-ring (bicyclic) bond motifs is 5. The maximum Gasteiger partial charge on any atom is 0.305 e. The quantitative estimate of drug-likeness (QED) is 0.700. The van der Waals surface area contributed by atoms with Gasteiger partial charge in [-0.05, 0) is 55.4 Å². The van der Waals surface area contributed by atoms with Crippen LogP contribution in [-0.4, -0.2) is 23.6 Å². The van der Waals surface area contributed by atoms with Crippen molar-refractivity contribution in [2.24, 2.45) is 28.6 Å². The van der Waals surface area contributed by atoms with Crippen LogP contribution in [0.4, 0.5) is 0 Å². The third-order valence-electron chi connectivity index (χ3n) is 8.20. The van der Waals surface area contributed by atoms with E-state index < -0.39 is 0 Å². The Kier molecular flexibility index (Phi) is 4.16. The van der Waals surface area contributed by atoms with Crippen LogP contribution >= 0.6 is 0 Å². The van der Waals surface area contributed by atoms with Crippen molar-refractivity contribution in [3.8, 4) is 0 Å². The number of ketones is 2. The summed E-state index contributed by atoms with van der Waals surface area (Å²) >= 11 is 0. The number of carbonyl (C=O) groups is 3. The summed E-state index contributed by atoms with van der Waals surface area (Å²) in [6.07, 6.45) is 8.09. The molecule has 0 aromatic rings. The van der Waals surface area contributed by atoms with E-state index >= 15 is 0 Å². The van der Waals surface area contributed by atoms with Crippen LogP contribution in [0.3, 0.4) is 0 Å². The molecule has 4 nitrogen and oxygen atoms in total. The fourth-order valence-electron chi connectivity index (χ4n) is 6.51. The molecular formula is C22H30O4. The summed E-state index contributed by atoms with van der Waals surface area (Å²) in [4.78, 5) is 37.2. The van der Waals surface area contributed by atoms with E-state index in [4.69, 9.17) is 4.74 Å². The molecule has 3 fully saturated rings. The van der Waals surface area contributed by atoms with Crippen molar-refractivity contribution in [1.82, 2.24) is 0 Å². The summed E-state index contributed by atoms with van der Waals surface area (Å²) < 4.78 is 5.57. The summed E-state index contributed by atoms with van der Waals surface area (Å²) in [5.74, 6) is 0.980. The van der Waals surface area contributed by atoms with Gasteiger partial charge in [-0.25, -0.2) is 0 Å². The average molecular weight is 358 g/mol. The second-order valence-corrected chi connectivity index (χ2v) is 9.35. The van der Waals surface area contributed by atoms with Crippen molar-refractivity contribution in [1.29, 1.82) is 0 Å². The normalized spacial score (nSPS) is 44.7. The smallest absolute Gasteiger partial charge is 0.305 e. The van der Waals surface area contributed by atoms with E-state index in [0.29, 0.717) is 31.0 Å². The van der Waals surface area contributed by atoms with Gasteiger partial charge in [-0.15, -0.1) is 0 Å². The van der Waals surface area contributed by atoms with E-state index in [1.165, 1.54) is 5.57 Å². The van der Waals surface area contributed by atoms with Crippen molar-refractivity contribution in [2.45, 2.75) is 78.2 Å². The standard InChI is InChI=1S/C22H30O4/c1-4-19(25)26-14-7-9-21(2)13(11-14)12-17(23)20-15-5-6-18(24)22(15,3)10-8-16(20)21/h12,14-16,20H,4-11H2,1-3H3/t14-,15+,16+,20+,21+,22+/m1/s1. The third-order valence-corrected chi connectivity index (χ3v) is 8.20. The van der Waals surface area contributed by atoms with Crippen molar-refractivity contribution < 1.29 is 19.1 Å². The van der Waals surface area contributed by atoms with Gasteiger partial charge in [0.05, 0.1) is 0 Å². The van der Waals surface area contributed by atoms with Crippen LogP contribution in [-0.2, 0) is 19.1 Å². The Labute approximate surface area is 155 Å². The highest BCUT2D eigenvalue weighted by Gasteiger charge is 2.61. The van der Waals surface area contributed by atoms with Gasteiger partial charge < -0.3 is 4.74 Å². The molecule has 142 valence electrons. The van der Waals surface area contributed by atoms with Crippen molar-refractivity contribution in [3.63, 3.8) is 0 Å². The van der Waals surface area contributed by atoms with E-state index in [2.05, 4.69) is 13.8 Å². The lowest BCUT2D eigenvalue weighted by molar-refractivity contribution is -0.151. The number of allylic oxidation sites excluding steroid dienone is 1. The van der Waals surface area contributed by atoms with Gasteiger partial charge in [0, 0.05) is 30.6 Å². The summed E-state index contributed by atoms with van der Waals surface area (Å²) in [6.45, 7) is 6.21. The molecule has 0 spiro atoms. The Morgan fingerprint density at radius 1 is 1.12 bits per heavy atom. The highest BCUT2D eigenvalue weighted by Crippen LogP contribution is 2.63. The highest BCUT2D eigenvalue weighted by atomic mass is 16.5. The number of Topliss-reactive ketones (excluding diaryl/α,β-unsaturated/α-hetero) is 1. The van der Waals surface area contributed by atoms with Gasteiger partial charge in [0.25, 0.3) is 0 Å². The number of carbonyl (C=O) groups excluding carboxylic acids is 3. The molecule has 0 saturated heterocycles. The van der Waals surface area contributed by atoms with Crippen LogP contribution in [0.25, 0.3) is 0 Å². The van der Waals surface area contributed by atoms with Gasteiger partial charge in [-0.3, -0.25) is 14.4 Å². The maximum absolute atomic E-state index is 13.1. The largest absolute Gasteiger partial charge is 0.462 e. The zero-order valence-electron chi connectivity index (χ0n) is 16.2. The molecule has 0 bridgehead atoms. The van der Waals surface area contributed by atoms with Gasteiger partial charge in [-0.2, -0.15) is 0 Å². The van der Waals surface area contributed by atoms with E-state index in [9.17, 15) is 14.4 Å². The lowest BCUT2D eigenvalue weighted by Crippen LogP contribution is -2.53. The van der Waals surface area contributed by atoms with Crippen LogP contribution < -0.4 is 0 Å². The van der Waals surface area contributed by atoms with Crippen LogP contribution in [0, 0.1) is 28.6 Å². The predicted octanol–water partition coefficient (Wildman–Crippen LogP) is 4.02. The van der Waals surface area contributed by atoms with Gasteiger partial charge in [0.1, 0.15) is 11.9 Å². The first kappa shape index (κ1) is 17.9. The molecule has 0 heterocycles. The summed E-state index contributed by atoms with van der Waals surface area (Å²) in [5.41, 5.74) is 0.907. The second-order valence-electron chi connectivity index (χ2n) is 9.35. The molecule has 0 N–H and O–H groups in total. The van der Waals surface area contributed by atoms with E-state index in [-0.39, 0.29) is 40.5 Å². The molecule has 0 amide bonds. The first-order valence-electron chi connectivity index (χ1n) is 10.3. The lowest BCUT2D eigenvalue weighted by Gasteiger charge is -2.56. The van der Waals surface area contributed by atoms with Crippen LogP contribution in [0.15, 0.2) is 11.6 Å². The van der Waals surface area contributed by atoms with Crippen LogP contribution in [0.5, 0.6) is 0 Å². The Morgan fingerprint density at radius 3 is 2.54 bits per heavy atom. The van der Waals surface area contributed by atoms with E-state index in [1.807, 2.05) is 13.0 Å². The molecule has 0 aromatic heterocycles. The molecule has 0 aromatic carbocycles. The number of esters is 1. The molecule has 0 radical (unpaired) electrons. The van der Waals surface area contributed by atoms with Crippen LogP contribution in [0.1, 0.15) is 72.1 Å². The van der Waals surface area contributed by atoms with Gasteiger partial charge >= 0.3 is 5.97 Å². The second kappa shape index (κ2) is 6.03. The fourth-order valence-corrected chi connectivity index (χ4v) is 6.51. The minimum Gasteiger partial charge on any atom is -0.462 e.